The summed E-state index contributed by atoms with van der Waals surface area (Å²) >= 11 is 0. The van der Waals surface area contributed by atoms with Crippen molar-refractivity contribution < 1.29 is 14.9 Å². The second-order valence-electron chi connectivity index (χ2n) is 4.33. The molecule has 70 valence electrons. The van der Waals surface area contributed by atoms with Crippen molar-refractivity contribution in [2.75, 3.05) is 19.8 Å². The second kappa shape index (κ2) is 2.69. The van der Waals surface area contributed by atoms with Gasteiger partial charge in [-0.1, -0.05) is 6.92 Å². The van der Waals surface area contributed by atoms with Crippen LogP contribution in [0, 0.1) is 17.3 Å². The SMILES string of the molecule is C[C@@H]1C[C@@]2(CO)COC[C@H]1C2O. The Kier molecular flexibility index (Phi) is 1.90. The third-order valence-electron chi connectivity index (χ3n) is 3.51. The van der Waals surface area contributed by atoms with Gasteiger partial charge in [0.2, 0.25) is 0 Å². The molecule has 2 aliphatic rings. The summed E-state index contributed by atoms with van der Waals surface area (Å²) in [6.07, 6.45) is 0.543. The Morgan fingerprint density at radius 2 is 2.33 bits per heavy atom. The Morgan fingerprint density at radius 3 is 2.92 bits per heavy atom. The topological polar surface area (TPSA) is 49.7 Å². The minimum atomic E-state index is -0.355. The molecule has 3 heteroatoms. The molecule has 0 radical (unpaired) electrons. The van der Waals surface area contributed by atoms with E-state index in [0.717, 1.165) is 6.42 Å². The van der Waals surface area contributed by atoms with Gasteiger partial charge in [-0.2, -0.15) is 0 Å². The van der Waals surface area contributed by atoms with E-state index in [-0.39, 0.29) is 24.0 Å². The van der Waals surface area contributed by atoms with Crippen molar-refractivity contribution in [1.82, 2.24) is 0 Å². The fraction of sp³-hybridized carbons (Fsp3) is 1.00. The van der Waals surface area contributed by atoms with E-state index in [1.165, 1.54) is 0 Å². The molecule has 0 aromatic rings. The van der Waals surface area contributed by atoms with Crippen molar-refractivity contribution in [1.29, 1.82) is 0 Å². The van der Waals surface area contributed by atoms with Crippen molar-refractivity contribution in [3.05, 3.63) is 0 Å². The minimum Gasteiger partial charge on any atom is -0.396 e. The maximum Gasteiger partial charge on any atom is 0.0693 e. The summed E-state index contributed by atoms with van der Waals surface area (Å²) in [7, 11) is 0. The van der Waals surface area contributed by atoms with Crippen LogP contribution in [-0.4, -0.2) is 36.1 Å². The molecule has 1 aliphatic carbocycles. The summed E-state index contributed by atoms with van der Waals surface area (Å²) < 4.78 is 5.37. The first-order chi connectivity index (χ1) is 5.69. The molecular weight excluding hydrogens is 156 g/mol. The number of aliphatic hydroxyl groups is 2. The van der Waals surface area contributed by atoms with E-state index in [1.807, 2.05) is 0 Å². The van der Waals surface area contributed by atoms with Crippen LogP contribution < -0.4 is 0 Å². The minimum absolute atomic E-state index is 0.0506. The van der Waals surface area contributed by atoms with Gasteiger partial charge in [0.25, 0.3) is 0 Å². The van der Waals surface area contributed by atoms with Crippen LogP contribution in [-0.2, 0) is 4.74 Å². The van der Waals surface area contributed by atoms with Crippen LogP contribution >= 0.6 is 0 Å². The van der Waals surface area contributed by atoms with Gasteiger partial charge in [0.15, 0.2) is 0 Å². The summed E-state index contributed by atoms with van der Waals surface area (Å²) in [6.45, 7) is 3.35. The molecule has 1 aliphatic heterocycles. The van der Waals surface area contributed by atoms with E-state index in [4.69, 9.17) is 4.74 Å². The van der Waals surface area contributed by atoms with Gasteiger partial charge in [-0.15, -0.1) is 0 Å². The smallest absolute Gasteiger partial charge is 0.0693 e. The normalized spacial score (nSPS) is 52.8. The highest BCUT2D eigenvalue weighted by atomic mass is 16.5. The largest absolute Gasteiger partial charge is 0.396 e. The highest BCUT2D eigenvalue weighted by molar-refractivity contribution is 5.02. The lowest BCUT2D eigenvalue weighted by Gasteiger charge is -2.36. The Hall–Kier alpha value is -0.120. The molecule has 2 rings (SSSR count). The number of ether oxygens (including phenoxy) is 1. The zero-order chi connectivity index (χ0) is 8.77. The predicted molar refractivity (Wildman–Crippen MR) is 43.6 cm³/mol. The fourth-order valence-electron chi connectivity index (χ4n) is 2.68. The fourth-order valence-corrected chi connectivity index (χ4v) is 2.68. The Balaban J connectivity index is 2.24. The van der Waals surface area contributed by atoms with Crippen molar-refractivity contribution in [3.63, 3.8) is 0 Å². The van der Waals surface area contributed by atoms with Crippen molar-refractivity contribution in [2.24, 2.45) is 17.3 Å². The van der Waals surface area contributed by atoms with Gasteiger partial charge >= 0.3 is 0 Å². The Bertz CT molecular complexity index is 183. The summed E-state index contributed by atoms with van der Waals surface area (Å²) in [6, 6.07) is 0. The summed E-state index contributed by atoms with van der Waals surface area (Å²) in [4.78, 5) is 0. The number of rotatable bonds is 1. The monoisotopic (exact) mass is 172 g/mol. The number of aliphatic hydroxyl groups excluding tert-OH is 2. The Labute approximate surface area is 72.3 Å². The average molecular weight is 172 g/mol. The van der Waals surface area contributed by atoms with Crippen LogP contribution in [0.3, 0.4) is 0 Å². The number of fused-ring (bicyclic) bond motifs is 2. The van der Waals surface area contributed by atoms with Gasteiger partial charge in [-0.05, 0) is 12.3 Å². The van der Waals surface area contributed by atoms with Crippen molar-refractivity contribution in [3.8, 4) is 0 Å². The lowest BCUT2D eigenvalue weighted by atomic mass is 9.83. The first-order valence-electron chi connectivity index (χ1n) is 4.56. The maximum atomic E-state index is 9.89. The highest BCUT2D eigenvalue weighted by Gasteiger charge is 2.54. The third-order valence-corrected chi connectivity index (χ3v) is 3.51. The van der Waals surface area contributed by atoms with Gasteiger partial charge in [-0.25, -0.2) is 0 Å². The molecule has 0 aromatic heterocycles. The van der Waals surface area contributed by atoms with Crippen LogP contribution in [0.2, 0.25) is 0 Å². The van der Waals surface area contributed by atoms with E-state index in [9.17, 15) is 10.2 Å². The zero-order valence-electron chi connectivity index (χ0n) is 7.36. The van der Waals surface area contributed by atoms with E-state index >= 15 is 0 Å². The molecule has 3 nitrogen and oxygen atoms in total. The third kappa shape index (κ3) is 0.934. The molecule has 1 unspecified atom stereocenters. The molecule has 4 atom stereocenters. The van der Waals surface area contributed by atoms with Crippen LogP contribution in [0.5, 0.6) is 0 Å². The molecular formula is C9H16O3. The van der Waals surface area contributed by atoms with Crippen LogP contribution in [0.25, 0.3) is 0 Å². The summed E-state index contributed by atoms with van der Waals surface area (Å²) in [5.41, 5.74) is -0.345. The van der Waals surface area contributed by atoms with Gasteiger partial charge in [0.05, 0.1) is 25.9 Å². The molecule has 0 aromatic carbocycles. The molecule has 1 saturated heterocycles. The molecule has 0 amide bonds. The standard InChI is InChI=1S/C9H16O3/c1-6-2-9(4-10)5-12-3-7(6)8(9)11/h6-8,10-11H,2-5H2,1H3/t6-,7-,8?,9-/m1/s1. The highest BCUT2D eigenvalue weighted by Crippen LogP contribution is 2.48. The van der Waals surface area contributed by atoms with Gasteiger partial charge in [0.1, 0.15) is 0 Å². The second-order valence-corrected chi connectivity index (χ2v) is 4.33. The van der Waals surface area contributed by atoms with Crippen molar-refractivity contribution in [2.45, 2.75) is 19.4 Å². The number of hydrogen-bond donors (Lipinski definition) is 2. The molecule has 1 heterocycles. The van der Waals surface area contributed by atoms with E-state index in [0.29, 0.717) is 19.1 Å². The van der Waals surface area contributed by atoms with Crippen LogP contribution in [0.4, 0.5) is 0 Å². The van der Waals surface area contributed by atoms with Crippen LogP contribution in [0.1, 0.15) is 13.3 Å². The molecule has 1 saturated carbocycles. The quantitative estimate of drug-likeness (QED) is 0.586. The van der Waals surface area contributed by atoms with Gasteiger partial charge in [0, 0.05) is 11.3 Å². The maximum absolute atomic E-state index is 9.89. The molecule has 2 N–H and O–H groups in total. The molecule has 2 fully saturated rings. The van der Waals surface area contributed by atoms with Crippen LogP contribution in [0.15, 0.2) is 0 Å². The zero-order valence-corrected chi connectivity index (χ0v) is 7.36. The summed E-state index contributed by atoms with van der Waals surface area (Å²) in [5, 5.41) is 19.1. The van der Waals surface area contributed by atoms with E-state index < -0.39 is 0 Å². The Morgan fingerprint density at radius 1 is 1.58 bits per heavy atom. The lowest BCUT2D eigenvalue weighted by molar-refractivity contribution is -0.120. The first kappa shape index (κ1) is 8.48. The molecule has 2 bridgehead atoms. The van der Waals surface area contributed by atoms with Gasteiger partial charge in [-0.3, -0.25) is 0 Å². The average Bonchev–Trinajstić information content (AvgIpc) is 2.23. The number of hydrogen-bond acceptors (Lipinski definition) is 3. The molecule has 12 heavy (non-hydrogen) atoms. The predicted octanol–water partition coefficient (Wildman–Crippen LogP) is 0.0122. The first-order valence-corrected chi connectivity index (χ1v) is 4.56. The van der Waals surface area contributed by atoms with E-state index in [1.54, 1.807) is 0 Å². The lowest BCUT2D eigenvalue weighted by Crippen LogP contribution is -2.46. The summed E-state index contributed by atoms with van der Waals surface area (Å²) in [5.74, 6) is 0.723. The van der Waals surface area contributed by atoms with Gasteiger partial charge < -0.3 is 14.9 Å². The van der Waals surface area contributed by atoms with E-state index in [2.05, 4.69) is 6.92 Å². The molecule has 0 spiro atoms. The van der Waals surface area contributed by atoms with Crippen molar-refractivity contribution >= 4 is 0 Å².